The Balaban J connectivity index is 1.79. The molecule has 5 heteroatoms. The van der Waals surface area contributed by atoms with Crippen LogP contribution in [0.3, 0.4) is 0 Å². The van der Waals surface area contributed by atoms with Crippen LogP contribution in [0.25, 0.3) is 10.8 Å². The molecule has 0 spiro atoms. The maximum atomic E-state index is 13.4. The van der Waals surface area contributed by atoms with E-state index in [1.54, 1.807) is 4.90 Å². The van der Waals surface area contributed by atoms with Crippen molar-refractivity contribution in [1.82, 2.24) is 10.2 Å². The summed E-state index contributed by atoms with van der Waals surface area (Å²) in [6.07, 6.45) is 2.45. The van der Waals surface area contributed by atoms with Gasteiger partial charge in [0.25, 0.3) is 5.91 Å². The van der Waals surface area contributed by atoms with Crippen molar-refractivity contribution in [3.05, 3.63) is 77.9 Å². The normalized spacial score (nSPS) is 11.7. The Kier molecular flexibility index (Phi) is 8.87. The van der Waals surface area contributed by atoms with Crippen molar-refractivity contribution in [1.29, 1.82) is 0 Å². The quantitative estimate of drug-likeness (QED) is 0.409. The van der Waals surface area contributed by atoms with Crippen molar-refractivity contribution in [2.45, 2.75) is 52.6 Å². The molecule has 1 atom stereocenters. The van der Waals surface area contributed by atoms with E-state index in [1.165, 1.54) is 0 Å². The van der Waals surface area contributed by atoms with Crippen LogP contribution in [0, 0.1) is 6.92 Å². The number of amides is 2. The zero-order valence-corrected chi connectivity index (χ0v) is 19.8. The van der Waals surface area contributed by atoms with Crippen LogP contribution in [-0.2, 0) is 16.1 Å². The van der Waals surface area contributed by atoms with Crippen LogP contribution in [0.5, 0.6) is 5.75 Å². The minimum absolute atomic E-state index is 0.114. The molecule has 0 bridgehead atoms. The van der Waals surface area contributed by atoms with Gasteiger partial charge in [-0.1, -0.05) is 86.5 Å². The highest BCUT2D eigenvalue weighted by molar-refractivity contribution is 5.90. The molecular formula is C28H34N2O3. The Labute approximate surface area is 196 Å². The summed E-state index contributed by atoms with van der Waals surface area (Å²) in [4.78, 5) is 28.0. The first-order valence-corrected chi connectivity index (χ1v) is 11.8. The van der Waals surface area contributed by atoms with Crippen LogP contribution >= 0.6 is 0 Å². The van der Waals surface area contributed by atoms with Gasteiger partial charge in [0, 0.05) is 18.5 Å². The molecule has 2 amide bonds. The molecule has 0 fully saturated rings. The number of fused-ring (bicyclic) bond motifs is 1. The summed E-state index contributed by atoms with van der Waals surface area (Å²) in [7, 11) is 0. The van der Waals surface area contributed by atoms with Crippen molar-refractivity contribution in [2.24, 2.45) is 0 Å². The van der Waals surface area contributed by atoms with E-state index in [1.807, 2.05) is 80.6 Å². The third-order valence-electron chi connectivity index (χ3n) is 5.79. The van der Waals surface area contributed by atoms with Crippen LogP contribution in [0.4, 0.5) is 0 Å². The lowest BCUT2D eigenvalue weighted by atomic mass is 10.1. The molecule has 0 aromatic heterocycles. The predicted octanol–water partition coefficient (Wildman–Crippen LogP) is 5.25. The molecule has 174 valence electrons. The molecule has 3 rings (SSSR count). The summed E-state index contributed by atoms with van der Waals surface area (Å²) in [5.74, 6) is 0.342. The van der Waals surface area contributed by atoms with Crippen molar-refractivity contribution in [2.75, 3.05) is 13.2 Å². The van der Waals surface area contributed by atoms with Crippen LogP contribution in [0.1, 0.15) is 44.2 Å². The summed E-state index contributed by atoms with van der Waals surface area (Å²) in [6, 6.07) is 21.2. The van der Waals surface area contributed by atoms with E-state index in [4.69, 9.17) is 4.74 Å². The van der Waals surface area contributed by atoms with E-state index in [-0.39, 0.29) is 18.4 Å². The molecule has 0 radical (unpaired) electrons. The van der Waals surface area contributed by atoms with E-state index in [9.17, 15) is 9.59 Å². The topological polar surface area (TPSA) is 58.6 Å². The first kappa shape index (κ1) is 24.3. The highest BCUT2D eigenvalue weighted by Crippen LogP contribution is 2.25. The van der Waals surface area contributed by atoms with E-state index in [0.717, 1.165) is 34.7 Å². The lowest BCUT2D eigenvalue weighted by Gasteiger charge is -2.30. The van der Waals surface area contributed by atoms with E-state index >= 15 is 0 Å². The van der Waals surface area contributed by atoms with Crippen LogP contribution < -0.4 is 10.1 Å². The average Bonchev–Trinajstić information content (AvgIpc) is 2.83. The maximum Gasteiger partial charge on any atom is 0.261 e. The van der Waals surface area contributed by atoms with Crippen LogP contribution in [0.15, 0.2) is 66.7 Å². The van der Waals surface area contributed by atoms with Crippen LogP contribution in [-0.4, -0.2) is 35.9 Å². The number of nitrogens with one attached hydrogen (secondary N) is 1. The lowest BCUT2D eigenvalue weighted by molar-refractivity contribution is -0.142. The summed E-state index contributed by atoms with van der Waals surface area (Å²) in [5.41, 5.74) is 2.14. The lowest BCUT2D eigenvalue weighted by Crippen LogP contribution is -2.50. The summed E-state index contributed by atoms with van der Waals surface area (Å²) in [6.45, 7) is 6.90. The monoisotopic (exact) mass is 446 g/mol. The second kappa shape index (κ2) is 12.0. The number of hydrogen-bond donors (Lipinski definition) is 1. The van der Waals surface area contributed by atoms with Gasteiger partial charge in [0.1, 0.15) is 11.8 Å². The van der Waals surface area contributed by atoms with Gasteiger partial charge in [0.2, 0.25) is 5.91 Å². The van der Waals surface area contributed by atoms with Gasteiger partial charge in [-0.2, -0.15) is 0 Å². The summed E-state index contributed by atoms with van der Waals surface area (Å²) >= 11 is 0. The standard InChI is InChI=1S/C28H34N2O3/c1-4-6-18-29-28(32)25(5-2)30(19-22-16-14-21(3)15-17-22)27(31)20-33-26-13-9-11-23-10-7-8-12-24(23)26/h7-17,25H,4-6,18-20H2,1-3H3,(H,29,32). The van der Waals surface area contributed by atoms with Gasteiger partial charge in [-0.05, 0) is 36.8 Å². The fourth-order valence-corrected chi connectivity index (χ4v) is 3.86. The smallest absolute Gasteiger partial charge is 0.261 e. The molecule has 3 aromatic carbocycles. The Morgan fingerprint density at radius 1 is 0.970 bits per heavy atom. The molecule has 33 heavy (non-hydrogen) atoms. The molecule has 0 aliphatic rings. The van der Waals surface area contributed by atoms with Gasteiger partial charge in [0.15, 0.2) is 6.61 Å². The number of benzene rings is 3. The number of rotatable bonds is 11. The number of aryl methyl sites for hydroxylation is 1. The third kappa shape index (κ3) is 6.58. The average molecular weight is 447 g/mol. The fraction of sp³-hybridized carbons (Fsp3) is 0.357. The highest BCUT2D eigenvalue weighted by Gasteiger charge is 2.28. The number of ether oxygens (including phenoxy) is 1. The van der Waals surface area contributed by atoms with E-state index in [0.29, 0.717) is 25.3 Å². The summed E-state index contributed by atoms with van der Waals surface area (Å²) in [5, 5.41) is 5.01. The van der Waals surface area contributed by atoms with Gasteiger partial charge in [0.05, 0.1) is 0 Å². The molecule has 0 aliphatic heterocycles. The molecule has 0 saturated carbocycles. The zero-order chi connectivity index (χ0) is 23.6. The van der Waals surface area contributed by atoms with Gasteiger partial charge in [-0.3, -0.25) is 9.59 Å². The minimum Gasteiger partial charge on any atom is -0.483 e. The third-order valence-corrected chi connectivity index (χ3v) is 5.79. The van der Waals surface area contributed by atoms with Gasteiger partial charge in [-0.15, -0.1) is 0 Å². The second-order valence-corrected chi connectivity index (χ2v) is 8.34. The molecule has 5 nitrogen and oxygen atoms in total. The number of nitrogens with zero attached hydrogens (tertiary/aromatic N) is 1. The number of hydrogen-bond acceptors (Lipinski definition) is 3. The van der Waals surface area contributed by atoms with E-state index < -0.39 is 6.04 Å². The Morgan fingerprint density at radius 2 is 1.70 bits per heavy atom. The number of carbonyl (C=O) groups excluding carboxylic acids is 2. The first-order chi connectivity index (χ1) is 16.0. The number of unbranched alkanes of at least 4 members (excludes halogenated alkanes) is 1. The Bertz CT molecular complexity index is 1060. The molecule has 0 aliphatic carbocycles. The SMILES string of the molecule is CCCCNC(=O)C(CC)N(Cc1ccc(C)cc1)C(=O)COc1cccc2ccccc12. The van der Waals surface area contributed by atoms with Crippen molar-refractivity contribution >= 4 is 22.6 Å². The van der Waals surface area contributed by atoms with Gasteiger partial charge >= 0.3 is 0 Å². The van der Waals surface area contributed by atoms with Crippen molar-refractivity contribution in [3.63, 3.8) is 0 Å². The minimum atomic E-state index is -0.549. The van der Waals surface area contributed by atoms with Gasteiger partial charge < -0.3 is 15.0 Å². The molecule has 3 aromatic rings. The molecule has 0 heterocycles. The highest BCUT2D eigenvalue weighted by atomic mass is 16.5. The second-order valence-electron chi connectivity index (χ2n) is 8.34. The Morgan fingerprint density at radius 3 is 2.42 bits per heavy atom. The number of carbonyl (C=O) groups is 2. The van der Waals surface area contributed by atoms with Crippen molar-refractivity contribution in [3.8, 4) is 5.75 Å². The predicted molar refractivity (Wildman–Crippen MR) is 133 cm³/mol. The van der Waals surface area contributed by atoms with Gasteiger partial charge in [-0.25, -0.2) is 0 Å². The molecule has 1 unspecified atom stereocenters. The largest absolute Gasteiger partial charge is 0.483 e. The molecular weight excluding hydrogens is 412 g/mol. The zero-order valence-electron chi connectivity index (χ0n) is 19.8. The van der Waals surface area contributed by atoms with E-state index in [2.05, 4.69) is 12.2 Å². The van der Waals surface area contributed by atoms with Crippen molar-refractivity contribution < 1.29 is 14.3 Å². The fourth-order valence-electron chi connectivity index (χ4n) is 3.86. The Hall–Kier alpha value is -3.34. The summed E-state index contributed by atoms with van der Waals surface area (Å²) < 4.78 is 5.97. The first-order valence-electron chi connectivity index (χ1n) is 11.8. The maximum absolute atomic E-state index is 13.4. The molecule has 0 saturated heterocycles. The molecule has 1 N–H and O–H groups in total. The van der Waals surface area contributed by atoms with Crippen LogP contribution in [0.2, 0.25) is 0 Å².